The van der Waals surface area contributed by atoms with Crippen LogP contribution in [0.2, 0.25) is 0 Å². The first kappa shape index (κ1) is 18.4. The molecule has 28 heavy (non-hydrogen) atoms. The molecule has 0 radical (unpaired) electrons. The Kier molecular flexibility index (Phi) is 5.77. The zero-order valence-electron chi connectivity index (χ0n) is 15.9. The average molecular weight is 375 g/mol. The van der Waals surface area contributed by atoms with Crippen LogP contribution in [0.1, 0.15) is 12.0 Å². The van der Waals surface area contributed by atoms with Crippen LogP contribution in [0.15, 0.2) is 65.7 Å². The molecule has 1 aliphatic rings. The van der Waals surface area contributed by atoms with Crippen molar-refractivity contribution in [2.24, 2.45) is 0 Å². The highest BCUT2D eigenvalue weighted by Gasteiger charge is 2.19. The molecule has 3 aromatic rings. The molecular weight excluding hydrogens is 350 g/mol. The SMILES string of the molecule is O=c1cc(-c2ccncc2)nc(N2CCN(CCCc3ccccc3)CC2)[nH]1. The molecule has 3 heterocycles. The van der Waals surface area contributed by atoms with E-state index in [0.29, 0.717) is 11.6 Å². The van der Waals surface area contributed by atoms with Gasteiger partial charge in [0, 0.05) is 50.2 Å². The van der Waals surface area contributed by atoms with Gasteiger partial charge in [-0.2, -0.15) is 0 Å². The molecule has 144 valence electrons. The summed E-state index contributed by atoms with van der Waals surface area (Å²) in [5.74, 6) is 0.656. The molecule has 1 aromatic carbocycles. The van der Waals surface area contributed by atoms with Gasteiger partial charge in [-0.05, 0) is 37.1 Å². The maximum absolute atomic E-state index is 12.1. The first-order valence-corrected chi connectivity index (χ1v) is 9.81. The average Bonchev–Trinajstić information content (AvgIpc) is 2.75. The lowest BCUT2D eigenvalue weighted by Gasteiger charge is -2.35. The number of benzene rings is 1. The predicted octanol–water partition coefficient (Wildman–Crippen LogP) is 2.59. The number of aromatic nitrogens is 3. The maximum Gasteiger partial charge on any atom is 0.252 e. The van der Waals surface area contributed by atoms with Crippen LogP contribution in [-0.4, -0.2) is 52.6 Å². The second-order valence-corrected chi connectivity index (χ2v) is 7.11. The minimum Gasteiger partial charge on any atom is -0.340 e. The van der Waals surface area contributed by atoms with Gasteiger partial charge in [-0.25, -0.2) is 4.98 Å². The van der Waals surface area contributed by atoms with Crippen molar-refractivity contribution in [1.82, 2.24) is 19.9 Å². The molecule has 0 bridgehead atoms. The standard InChI is InChI=1S/C22H25N5O/c28-21-17-20(19-8-10-23-11-9-19)24-22(25-21)27-15-13-26(14-16-27)12-4-7-18-5-2-1-3-6-18/h1-3,5-6,8-11,17H,4,7,12-16H2,(H,24,25,28). The van der Waals surface area contributed by atoms with Gasteiger partial charge < -0.3 is 4.90 Å². The highest BCUT2D eigenvalue weighted by Crippen LogP contribution is 2.17. The lowest BCUT2D eigenvalue weighted by atomic mass is 10.1. The minimum absolute atomic E-state index is 0.123. The Morgan fingerprint density at radius 2 is 1.71 bits per heavy atom. The van der Waals surface area contributed by atoms with Crippen molar-refractivity contribution < 1.29 is 0 Å². The molecule has 6 nitrogen and oxygen atoms in total. The van der Waals surface area contributed by atoms with E-state index in [1.165, 1.54) is 5.56 Å². The Bertz CT molecular complexity index is 934. The van der Waals surface area contributed by atoms with Crippen molar-refractivity contribution in [1.29, 1.82) is 0 Å². The predicted molar refractivity (Wildman–Crippen MR) is 112 cm³/mol. The number of hydrogen-bond donors (Lipinski definition) is 1. The Morgan fingerprint density at radius 1 is 0.964 bits per heavy atom. The molecule has 0 unspecified atom stereocenters. The van der Waals surface area contributed by atoms with Crippen LogP contribution in [0.4, 0.5) is 5.95 Å². The molecule has 0 spiro atoms. The van der Waals surface area contributed by atoms with Crippen molar-refractivity contribution in [3.05, 3.63) is 76.8 Å². The summed E-state index contributed by atoms with van der Waals surface area (Å²) in [6.45, 7) is 4.81. The summed E-state index contributed by atoms with van der Waals surface area (Å²) in [7, 11) is 0. The monoisotopic (exact) mass is 375 g/mol. The number of H-pyrrole nitrogens is 1. The fourth-order valence-corrected chi connectivity index (χ4v) is 3.60. The van der Waals surface area contributed by atoms with E-state index in [0.717, 1.165) is 51.1 Å². The van der Waals surface area contributed by atoms with Crippen LogP contribution < -0.4 is 10.5 Å². The molecule has 2 aromatic heterocycles. The maximum atomic E-state index is 12.1. The molecule has 1 saturated heterocycles. The van der Waals surface area contributed by atoms with Crippen LogP contribution >= 0.6 is 0 Å². The number of nitrogens with one attached hydrogen (secondary N) is 1. The Balaban J connectivity index is 1.33. The first-order valence-electron chi connectivity index (χ1n) is 9.81. The van der Waals surface area contributed by atoms with Gasteiger partial charge in [-0.3, -0.25) is 19.7 Å². The van der Waals surface area contributed by atoms with Crippen molar-refractivity contribution in [3.8, 4) is 11.3 Å². The van der Waals surface area contributed by atoms with Crippen LogP contribution in [0.3, 0.4) is 0 Å². The van der Waals surface area contributed by atoms with Crippen molar-refractivity contribution >= 4 is 5.95 Å². The third kappa shape index (κ3) is 4.64. The van der Waals surface area contributed by atoms with E-state index in [4.69, 9.17) is 0 Å². The molecule has 1 aliphatic heterocycles. The molecule has 0 aliphatic carbocycles. The second-order valence-electron chi connectivity index (χ2n) is 7.11. The number of rotatable bonds is 6. The van der Waals surface area contributed by atoms with Gasteiger partial charge in [0.2, 0.25) is 5.95 Å². The summed E-state index contributed by atoms with van der Waals surface area (Å²) in [5, 5.41) is 0. The Morgan fingerprint density at radius 3 is 2.46 bits per heavy atom. The number of hydrogen-bond acceptors (Lipinski definition) is 5. The van der Waals surface area contributed by atoms with Crippen LogP contribution in [0.25, 0.3) is 11.3 Å². The Hall–Kier alpha value is -2.99. The van der Waals surface area contributed by atoms with Gasteiger partial charge in [-0.1, -0.05) is 30.3 Å². The van der Waals surface area contributed by atoms with E-state index in [9.17, 15) is 4.79 Å². The fraction of sp³-hybridized carbons (Fsp3) is 0.318. The highest BCUT2D eigenvalue weighted by molar-refractivity contribution is 5.59. The van der Waals surface area contributed by atoms with Crippen molar-refractivity contribution in [3.63, 3.8) is 0 Å². The van der Waals surface area contributed by atoms with Crippen LogP contribution in [-0.2, 0) is 6.42 Å². The number of piperazine rings is 1. The second kappa shape index (κ2) is 8.80. The molecular formula is C22H25N5O. The largest absolute Gasteiger partial charge is 0.340 e. The highest BCUT2D eigenvalue weighted by atomic mass is 16.1. The lowest BCUT2D eigenvalue weighted by molar-refractivity contribution is 0.254. The number of anilines is 1. The van der Waals surface area contributed by atoms with Gasteiger partial charge in [0.05, 0.1) is 5.69 Å². The van der Waals surface area contributed by atoms with E-state index in [-0.39, 0.29) is 5.56 Å². The third-order valence-electron chi connectivity index (χ3n) is 5.16. The number of aromatic amines is 1. The van der Waals surface area contributed by atoms with Gasteiger partial charge in [0.15, 0.2) is 0 Å². The van der Waals surface area contributed by atoms with Gasteiger partial charge in [0.25, 0.3) is 5.56 Å². The minimum atomic E-state index is -0.123. The topological polar surface area (TPSA) is 65.1 Å². The quantitative estimate of drug-likeness (QED) is 0.717. The van der Waals surface area contributed by atoms with Gasteiger partial charge in [0.1, 0.15) is 0 Å². The van der Waals surface area contributed by atoms with Crippen LogP contribution in [0.5, 0.6) is 0 Å². The van der Waals surface area contributed by atoms with Crippen LogP contribution in [0, 0.1) is 0 Å². The smallest absolute Gasteiger partial charge is 0.252 e. The normalized spacial score (nSPS) is 14.9. The summed E-state index contributed by atoms with van der Waals surface area (Å²) in [4.78, 5) is 28.4. The molecule has 6 heteroatoms. The Labute approximate surface area is 164 Å². The van der Waals surface area contributed by atoms with E-state index in [1.807, 2.05) is 12.1 Å². The number of aryl methyl sites for hydroxylation is 1. The van der Waals surface area contributed by atoms with E-state index >= 15 is 0 Å². The van der Waals surface area contributed by atoms with Crippen molar-refractivity contribution in [2.45, 2.75) is 12.8 Å². The summed E-state index contributed by atoms with van der Waals surface area (Å²) in [6, 6.07) is 15.9. The molecule has 1 fully saturated rings. The van der Waals surface area contributed by atoms with E-state index < -0.39 is 0 Å². The lowest BCUT2D eigenvalue weighted by Crippen LogP contribution is -2.47. The third-order valence-corrected chi connectivity index (χ3v) is 5.16. The molecule has 4 rings (SSSR count). The zero-order chi connectivity index (χ0) is 19.2. The molecule has 0 amide bonds. The van der Waals surface area contributed by atoms with Crippen molar-refractivity contribution in [2.75, 3.05) is 37.6 Å². The van der Waals surface area contributed by atoms with Gasteiger partial charge >= 0.3 is 0 Å². The van der Waals surface area contributed by atoms with Gasteiger partial charge in [-0.15, -0.1) is 0 Å². The molecule has 0 atom stereocenters. The number of nitrogens with zero attached hydrogens (tertiary/aromatic N) is 4. The first-order chi connectivity index (χ1) is 13.8. The summed E-state index contributed by atoms with van der Waals surface area (Å²) in [6.07, 6.45) is 5.71. The number of pyridine rings is 1. The van der Waals surface area contributed by atoms with E-state index in [2.05, 4.69) is 55.1 Å². The summed E-state index contributed by atoms with van der Waals surface area (Å²) in [5.41, 5.74) is 2.87. The summed E-state index contributed by atoms with van der Waals surface area (Å²) < 4.78 is 0. The van der Waals surface area contributed by atoms with E-state index in [1.54, 1.807) is 18.5 Å². The fourth-order valence-electron chi connectivity index (χ4n) is 3.60. The zero-order valence-corrected chi connectivity index (χ0v) is 15.9. The molecule has 0 saturated carbocycles. The summed E-state index contributed by atoms with van der Waals surface area (Å²) >= 11 is 0. The molecule has 1 N–H and O–H groups in total.